The zero-order chi connectivity index (χ0) is 15.8. The third kappa shape index (κ3) is 8.33. The zero-order valence-electron chi connectivity index (χ0n) is 11.9. The van der Waals surface area contributed by atoms with E-state index in [1.54, 1.807) is 20.8 Å². The average Bonchev–Trinajstić information content (AvgIpc) is 2.32. The van der Waals surface area contributed by atoms with Gasteiger partial charge in [-0.05, 0) is 20.8 Å². The van der Waals surface area contributed by atoms with Gasteiger partial charge in [0.05, 0.1) is 12.8 Å². The Labute approximate surface area is 117 Å². The Bertz CT molecular complexity index is 375. The van der Waals surface area contributed by atoms with Crippen LogP contribution in [-0.4, -0.2) is 36.3 Å². The Kier molecular flexibility index (Phi) is 7.63. The molecule has 0 aliphatic carbocycles. The first-order valence-electron chi connectivity index (χ1n) is 6.18. The summed E-state index contributed by atoms with van der Waals surface area (Å²) in [6.45, 7) is 4.97. The number of amides is 3. The smallest absolute Gasteiger partial charge is 0.407 e. The fourth-order valence-electron chi connectivity index (χ4n) is 1.16. The monoisotopic (exact) mass is 288 g/mol. The number of aldehydes is 1. The van der Waals surface area contributed by atoms with Crippen LogP contribution in [0.15, 0.2) is 0 Å². The van der Waals surface area contributed by atoms with Crippen molar-refractivity contribution in [3.05, 3.63) is 5.21 Å². The number of hydrogen-bond donors (Lipinski definition) is 2. The standard InChI is InChI=1S/C12H20N2O6/c1-12(2,3)20-11(18)13-7-6-10(17)14(19)9(16)5-4-8-15/h8,14H,4-7H2,1-3H3,(H,13,18). The number of carbonyl (C=O) groups excluding carboxylic acids is 4. The lowest BCUT2D eigenvalue weighted by molar-refractivity contribution is -0.681. The average molecular weight is 288 g/mol. The molecular weight excluding hydrogens is 268 g/mol. The van der Waals surface area contributed by atoms with Crippen molar-refractivity contribution in [3.63, 3.8) is 0 Å². The fourth-order valence-corrected chi connectivity index (χ4v) is 1.16. The van der Waals surface area contributed by atoms with Crippen molar-refractivity contribution in [2.75, 3.05) is 6.54 Å². The van der Waals surface area contributed by atoms with Crippen LogP contribution in [0.5, 0.6) is 0 Å². The highest BCUT2D eigenvalue weighted by Crippen LogP contribution is 2.06. The Morgan fingerprint density at radius 3 is 2.25 bits per heavy atom. The summed E-state index contributed by atoms with van der Waals surface area (Å²) >= 11 is 0. The van der Waals surface area contributed by atoms with Gasteiger partial charge in [-0.2, -0.15) is 0 Å². The van der Waals surface area contributed by atoms with E-state index in [0.717, 1.165) is 0 Å². The van der Waals surface area contributed by atoms with Crippen molar-refractivity contribution in [2.45, 2.75) is 45.6 Å². The van der Waals surface area contributed by atoms with Crippen LogP contribution in [0.4, 0.5) is 4.79 Å². The summed E-state index contributed by atoms with van der Waals surface area (Å²) < 4.78 is 4.93. The molecule has 0 rings (SSSR count). The quantitative estimate of drug-likeness (QED) is 0.494. The minimum Gasteiger partial charge on any atom is -0.619 e. The van der Waals surface area contributed by atoms with Gasteiger partial charge in [0.2, 0.25) is 0 Å². The molecule has 8 heteroatoms. The molecule has 0 aliphatic rings. The summed E-state index contributed by atoms with van der Waals surface area (Å²) in [4.78, 5) is 43.9. The Morgan fingerprint density at radius 1 is 1.20 bits per heavy atom. The first-order chi connectivity index (χ1) is 9.17. The molecule has 0 saturated carbocycles. The van der Waals surface area contributed by atoms with Crippen molar-refractivity contribution in [3.8, 4) is 0 Å². The van der Waals surface area contributed by atoms with Gasteiger partial charge >= 0.3 is 17.9 Å². The molecule has 1 atom stereocenters. The first-order valence-corrected chi connectivity index (χ1v) is 6.18. The summed E-state index contributed by atoms with van der Waals surface area (Å²) in [6.07, 6.45) is -0.850. The SMILES string of the molecule is CC(C)(C)OC(=O)NCCC(=O)[NH+]([O-])C(=O)CCC=O. The van der Waals surface area contributed by atoms with Crippen molar-refractivity contribution < 1.29 is 29.0 Å². The molecule has 0 bridgehead atoms. The van der Waals surface area contributed by atoms with Gasteiger partial charge in [0, 0.05) is 13.0 Å². The van der Waals surface area contributed by atoms with Crippen molar-refractivity contribution >= 4 is 24.2 Å². The van der Waals surface area contributed by atoms with Crippen LogP contribution in [0.3, 0.4) is 0 Å². The number of hydrogen-bond acceptors (Lipinski definition) is 6. The lowest BCUT2D eigenvalue weighted by Gasteiger charge is -2.20. The van der Waals surface area contributed by atoms with Crippen molar-refractivity contribution in [1.82, 2.24) is 5.32 Å². The molecule has 3 amide bonds. The van der Waals surface area contributed by atoms with Gasteiger partial charge in [-0.15, -0.1) is 0 Å². The summed E-state index contributed by atoms with van der Waals surface area (Å²) in [6, 6.07) is 0. The van der Waals surface area contributed by atoms with Crippen LogP contribution in [0.1, 0.15) is 40.0 Å². The van der Waals surface area contributed by atoms with E-state index < -0.39 is 28.6 Å². The maximum Gasteiger partial charge on any atom is 0.407 e. The van der Waals surface area contributed by atoms with E-state index in [1.807, 2.05) is 0 Å². The molecule has 20 heavy (non-hydrogen) atoms. The number of ether oxygens (including phenoxy) is 1. The fraction of sp³-hybridized carbons (Fsp3) is 0.667. The Balaban J connectivity index is 4.01. The van der Waals surface area contributed by atoms with Gasteiger partial charge in [0.25, 0.3) is 0 Å². The van der Waals surface area contributed by atoms with E-state index in [1.165, 1.54) is 0 Å². The molecule has 0 heterocycles. The Hall–Kier alpha value is -1.80. The predicted octanol–water partition coefficient (Wildman–Crippen LogP) is -0.684. The van der Waals surface area contributed by atoms with Gasteiger partial charge in [0.15, 0.2) is 0 Å². The summed E-state index contributed by atoms with van der Waals surface area (Å²) in [5.74, 6) is -1.78. The van der Waals surface area contributed by atoms with Gasteiger partial charge in [-0.1, -0.05) is 0 Å². The second-order valence-corrected chi connectivity index (χ2v) is 5.06. The lowest BCUT2D eigenvalue weighted by Crippen LogP contribution is -3.12. The molecular formula is C12H20N2O6. The second kappa shape index (κ2) is 8.39. The van der Waals surface area contributed by atoms with Crippen LogP contribution in [-0.2, 0) is 19.1 Å². The molecule has 0 aromatic heterocycles. The van der Waals surface area contributed by atoms with E-state index in [0.29, 0.717) is 6.29 Å². The van der Waals surface area contributed by atoms with Gasteiger partial charge in [-0.25, -0.2) is 19.4 Å². The van der Waals surface area contributed by atoms with Gasteiger partial charge in [-0.3, -0.25) is 0 Å². The number of quaternary nitrogens is 1. The number of nitrogens with one attached hydrogen (secondary N) is 2. The largest absolute Gasteiger partial charge is 0.619 e. The molecule has 0 radical (unpaired) electrons. The summed E-state index contributed by atoms with van der Waals surface area (Å²) in [5.41, 5.74) is -0.658. The number of hydroxylamine groups is 2. The molecule has 0 saturated heterocycles. The molecule has 8 nitrogen and oxygen atoms in total. The maximum absolute atomic E-state index is 11.4. The van der Waals surface area contributed by atoms with Crippen LogP contribution >= 0.6 is 0 Å². The highest BCUT2D eigenvalue weighted by atomic mass is 16.6. The van der Waals surface area contributed by atoms with Crippen molar-refractivity contribution in [2.24, 2.45) is 0 Å². The second-order valence-electron chi connectivity index (χ2n) is 5.06. The number of alkyl carbamates (subject to hydrolysis) is 1. The van der Waals surface area contributed by atoms with Crippen LogP contribution in [0.2, 0.25) is 0 Å². The zero-order valence-corrected chi connectivity index (χ0v) is 11.9. The number of carbonyl (C=O) groups is 4. The minimum absolute atomic E-state index is 0.0893. The first kappa shape index (κ1) is 18.2. The molecule has 2 N–H and O–H groups in total. The molecule has 114 valence electrons. The van der Waals surface area contributed by atoms with Gasteiger partial charge < -0.3 is 20.1 Å². The topological polar surface area (TPSA) is 117 Å². The minimum atomic E-state index is -1.14. The van der Waals surface area contributed by atoms with Crippen LogP contribution in [0, 0.1) is 5.21 Å². The van der Waals surface area contributed by atoms with E-state index in [2.05, 4.69) is 5.32 Å². The highest BCUT2D eigenvalue weighted by molar-refractivity contribution is 5.82. The van der Waals surface area contributed by atoms with E-state index in [9.17, 15) is 24.4 Å². The summed E-state index contributed by atoms with van der Waals surface area (Å²) in [5, 5.41) is 12.5. The third-order valence-corrected chi connectivity index (χ3v) is 2.02. The van der Waals surface area contributed by atoms with Gasteiger partial charge in [0.1, 0.15) is 11.9 Å². The van der Waals surface area contributed by atoms with E-state index >= 15 is 0 Å². The molecule has 0 aromatic carbocycles. The molecule has 0 aromatic rings. The maximum atomic E-state index is 11.4. The lowest BCUT2D eigenvalue weighted by atomic mass is 10.2. The predicted molar refractivity (Wildman–Crippen MR) is 68.5 cm³/mol. The summed E-state index contributed by atoms with van der Waals surface area (Å²) in [7, 11) is 0. The molecule has 0 fully saturated rings. The van der Waals surface area contributed by atoms with E-state index in [-0.39, 0.29) is 25.8 Å². The molecule has 0 aliphatic heterocycles. The third-order valence-electron chi connectivity index (χ3n) is 2.02. The highest BCUT2D eigenvalue weighted by Gasteiger charge is 2.20. The normalized spacial score (nSPS) is 12.4. The Morgan fingerprint density at radius 2 is 1.75 bits per heavy atom. The van der Waals surface area contributed by atoms with Crippen LogP contribution in [0.25, 0.3) is 0 Å². The number of imide groups is 1. The molecule has 0 spiro atoms. The van der Waals surface area contributed by atoms with E-state index in [4.69, 9.17) is 4.74 Å². The number of rotatable bonds is 6. The van der Waals surface area contributed by atoms with Crippen molar-refractivity contribution in [1.29, 1.82) is 0 Å². The van der Waals surface area contributed by atoms with Crippen LogP contribution < -0.4 is 10.4 Å². The molecule has 1 unspecified atom stereocenters.